The Balaban J connectivity index is 1.91. The third kappa shape index (κ3) is 6.13. The quantitative estimate of drug-likeness (QED) is 0.489. The Morgan fingerprint density at radius 3 is 2.67 bits per heavy atom. The van der Waals surface area contributed by atoms with Gasteiger partial charge in [-0.25, -0.2) is 4.79 Å². The normalized spacial score (nSPS) is 10.7. The van der Waals surface area contributed by atoms with Crippen molar-refractivity contribution in [2.45, 2.75) is 46.0 Å². The maximum absolute atomic E-state index is 11.9. The minimum Gasteiger partial charge on any atom is -0.483 e. The van der Waals surface area contributed by atoms with E-state index < -0.39 is 11.6 Å². The van der Waals surface area contributed by atoms with Gasteiger partial charge in [-0.2, -0.15) is 0 Å². The molecule has 0 saturated heterocycles. The van der Waals surface area contributed by atoms with Gasteiger partial charge in [0.1, 0.15) is 11.3 Å². The highest BCUT2D eigenvalue weighted by Crippen LogP contribution is 2.27. The number of amides is 1. The third-order valence-corrected chi connectivity index (χ3v) is 4.26. The van der Waals surface area contributed by atoms with E-state index in [1.165, 1.54) is 6.07 Å². The minimum absolute atomic E-state index is 0.135. The van der Waals surface area contributed by atoms with Gasteiger partial charge in [-0.1, -0.05) is 13.3 Å². The first-order valence-electron chi connectivity index (χ1n) is 9.09. The topological polar surface area (TPSA) is 106 Å². The smallest absolute Gasteiger partial charge is 0.336 e. The zero-order valence-electron chi connectivity index (χ0n) is 15.7. The van der Waals surface area contributed by atoms with Crippen molar-refractivity contribution in [2.75, 3.05) is 13.2 Å². The van der Waals surface area contributed by atoms with Crippen molar-refractivity contribution in [3.05, 3.63) is 39.7 Å². The summed E-state index contributed by atoms with van der Waals surface area (Å²) in [6.45, 7) is 4.18. The monoisotopic (exact) mass is 375 g/mol. The fraction of sp³-hybridized carbons (Fsp3) is 0.450. The van der Waals surface area contributed by atoms with Crippen LogP contribution in [0.15, 0.2) is 27.4 Å². The third-order valence-electron chi connectivity index (χ3n) is 4.26. The van der Waals surface area contributed by atoms with E-state index in [0.29, 0.717) is 24.3 Å². The van der Waals surface area contributed by atoms with Gasteiger partial charge in [-0.15, -0.1) is 0 Å². The average molecular weight is 375 g/mol. The number of carboxylic acids is 1. The number of nitrogens with one attached hydrogen (secondary N) is 1. The lowest BCUT2D eigenvalue weighted by atomic mass is 10.1. The second-order valence-electron chi connectivity index (χ2n) is 6.40. The van der Waals surface area contributed by atoms with Crippen molar-refractivity contribution < 1.29 is 23.8 Å². The summed E-state index contributed by atoms with van der Waals surface area (Å²) < 4.78 is 10.9. The average Bonchev–Trinajstić information content (AvgIpc) is 2.61. The van der Waals surface area contributed by atoms with Crippen molar-refractivity contribution in [3.63, 3.8) is 0 Å². The van der Waals surface area contributed by atoms with Crippen LogP contribution in [0.2, 0.25) is 0 Å². The van der Waals surface area contributed by atoms with Crippen LogP contribution in [0.5, 0.6) is 5.75 Å². The van der Waals surface area contributed by atoms with E-state index in [-0.39, 0.29) is 18.9 Å². The van der Waals surface area contributed by atoms with Gasteiger partial charge >= 0.3 is 11.6 Å². The van der Waals surface area contributed by atoms with Crippen LogP contribution in [0.1, 0.15) is 43.7 Å². The number of ether oxygens (including phenoxy) is 1. The van der Waals surface area contributed by atoms with Crippen molar-refractivity contribution >= 4 is 22.8 Å². The van der Waals surface area contributed by atoms with Gasteiger partial charge < -0.3 is 19.6 Å². The van der Waals surface area contributed by atoms with Gasteiger partial charge in [-0.3, -0.25) is 9.59 Å². The first kappa shape index (κ1) is 20.5. The molecule has 1 heterocycles. The summed E-state index contributed by atoms with van der Waals surface area (Å²) in [5, 5.41) is 12.2. The van der Waals surface area contributed by atoms with E-state index in [4.69, 9.17) is 14.3 Å². The zero-order valence-corrected chi connectivity index (χ0v) is 15.7. The van der Waals surface area contributed by atoms with E-state index in [0.717, 1.165) is 35.8 Å². The summed E-state index contributed by atoms with van der Waals surface area (Å²) in [6.07, 6.45) is 2.93. The molecule has 0 aliphatic heterocycles. The molecule has 0 spiro atoms. The zero-order chi connectivity index (χ0) is 19.8. The van der Waals surface area contributed by atoms with Crippen LogP contribution in [0.3, 0.4) is 0 Å². The van der Waals surface area contributed by atoms with Gasteiger partial charge in [0.25, 0.3) is 5.91 Å². The fourth-order valence-electron chi connectivity index (χ4n) is 2.80. The molecule has 0 unspecified atom stereocenters. The van der Waals surface area contributed by atoms with Gasteiger partial charge in [0, 0.05) is 30.5 Å². The molecule has 146 valence electrons. The van der Waals surface area contributed by atoms with Gasteiger partial charge in [-0.05, 0) is 43.4 Å². The van der Waals surface area contributed by atoms with Crippen LogP contribution in [0.25, 0.3) is 11.0 Å². The number of rotatable bonds is 10. The van der Waals surface area contributed by atoms with Crippen LogP contribution in [-0.2, 0) is 16.0 Å². The highest BCUT2D eigenvalue weighted by Gasteiger charge is 2.11. The molecule has 2 rings (SSSR count). The highest BCUT2D eigenvalue weighted by atomic mass is 16.5. The molecule has 27 heavy (non-hydrogen) atoms. The molecule has 2 aromatic rings. The summed E-state index contributed by atoms with van der Waals surface area (Å²) in [7, 11) is 0. The standard InChI is InChI=1S/C20H25NO6/c1-3-14-10-15-13(2)9-20(25)27-17(15)11-16(14)26-12-18(22)21-8-6-4-5-7-19(23)24/h9-11H,3-8,12H2,1-2H3,(H,21,22)(H,23,24). The van der Waals surface area contributed by atoms with Gasteiger partial charge in [0.2, 0.25) is 0 Å². The summed E-state index contributed by atoms with van der Waals surface area (Å²) >= 11 is 0. The lowest BCUT2D eigenvalue weighted by Gasteiger charge is -2.12. The van der Waals surface area contributed by atoms with Gasteiger partial charge in [0.05, 0.1) is 0 Å². The molecule has 0 atom stereocenters. The number of hydrogen-bond acceptors (Lipinski definition) is 5. The number of aliphatic carboxylic acids is 1. The number of unbranched alkanes of at least 4 members (excludes halogenated alkanes) is 2. The molecule has 0 bridgehead atoms. The summed E-state index contributed by atoms with van der Waals surface area (Å²) in [5.74, 6) is -0.531. The van der Waals surface area contributed by atoms with Crippen LogP contribution in [0, 0.1) is 6.92 Å². The maximum Gasteiger partial charge on any atom is 0.336 e. The Hall–Kier alpha value is -2.83. The molecular formula is C20H25NO6. The number of hydrogen-bond donors (Lipinski definition) is 2. The predicted octanol–water partition coefficient (Wildman–Crippen LogP) is 2.80. The van der Waals surface area contributed by atoms with E-state index in [1.54, 1.807) is 6.07 Å². The highest BCUT2D eigenvalue weighted by molar-refractivity contribution is 5.83. The Morgan fingerprint density at radius 1 is 1.19 bits per heavy atom. The number of fused-ring (bicyclic) bond motifs is 1. The molecular weight excluding hydrogens is 350 g/mol. The lowest BCUT2D eigenvalue weighted by Crippen LogP contribution is -2.29. The first-order valence-corrected chi connectivity index (χ1v) is 9.09. The number of benzene rings is 1. The largest absolute Gasteiger partial charge is 0.483 e. The van der Waals surface area contributed by atoms with E-state index in [2.05, 4.69) is 5.32 Å². The summed E-state index contributed by atoms with van der Waals surface area (Å²) in [4.78, 5) is 33.9. The van der Waals surface area contributed by atoms with Crippen molar-refractivity contribution in [1.82, 2.24) is 5.32 Å². The molecule has 2 N–H and O–H groups in total. The molecule has 0 aliphatic carbocycles. The molecule has 1 aromatic carbocycles. The number of carbonyl (C=O) groups is 2. The van der Waals surface area contributed by atoms with E-state index in [1.807, 2.05) is 19.9 Å². The fourth-order valence-corrected chi connectivity index (χ4v) is 2.80. The van der Waals surface area contributed by atoms with Crippen LogP contribution < -0.4 is 15.7 Å². The first-order chi connectivity index (χ1) is 12.9. The summed E-state index contributed by atoms with van der Waals surface area (Å²) in [6, 6.07) is 5.03. The maximum atomic E-state index is 11.9. The van der Waals surface area contributed by atoms with Crippen molar-refractivity contribution in [2.24, 2.45) is 0 Å². The van der Waals surface area contributed by atoms with Gasteiger partial charge in [0.15, 0.2) is 6.61 Å². The SMILES string of the molecule is CCc1cc2c(C)cc(=O)oc2cc1OCC(=O)NCCCCCC(=O)O. The Bertz CT molecular complexity index is 871. The van der Waals surface area contributed by atoms with Crippen LogP contribution in [-0.4, -0.2) is 30.1 Å². The second kappa shape index (κ2) is 9.75. The molecule has 0 aliphatic rings. The van der Waals surface area contributed by atoms with Crippen molar-refractivity contribution in [1.29, 1.82) is 0 Å². The molecule has 1 amide bonds. The Morgan fingerprint density at radius 2 is 1.96 bits per heavy atom. The number of aryl methyl sites for hydroxylation is 2. The molecule has 7 nitrogen and oxygen atoms in total. The summed E-state index contributed by atoms with van der Waals surface area (Å²) in [5.41, 5.74) is 1.78. The van der Waals surface area contributed by atoms with E-state index >= 15 is 0 Å². The molecule has 0 fully saturated rings. The molecule has 1 aromatic heterocycles. The second-order valence-corrected chi connectivity index (χ2v) is 6.40. The van der Waals surface area contributed by atoms with Crippen LogP contribution in [0.4, 0.5) is 0 Å². The van der Waals surface area contributed by atoms with E-state index in [9.17, 15) is 14.4 Å². The predicted molar refractivity (Wildman–Crippen MR) is 101 cm³/mol. The Labute approximate surface area is 157 Å². The minimum atomic E-state index is -0.805. The van der Waals surface area contributed by atoms with Crippen LogP contribution >= 0.6 is 0 Å². The number of carboxylic acid groups (broad SMARTS) is 1. The molecule has 7 heteroatoms. The molecule has 0 radical (unpaired) electrons. The lowest BCUT2D eigenvalue weighted by molar-refractivity contribution is -0.137. The number of carbonyl (C=O) groups excluding carboxylic acids is 1. The molecule has 0 saturated carbocycles. The van der Waals surface area contributed by atoms with Crippen molar-refractivity contribution in [3.8, 4) is 5.75 Å². The Kier molecular flexibility index (Phi) is 7.40.